The Bertz CT molecular complexity index is 360. The monoisotopic (exact) mass is 217 g/mol. The number of aliphatic hydroxyl groups is 1. The summed E-state index contributed by atoms with van der Waals surface area (Å²) in [6.07, 6.45) is 3.45. The average Bonchev–Trinajstić information content (AvgIpc) is 3.09. The molecule has 0 bridgehead atoms. The van der Waals surface area contributed by atoms with Crippen LogP contribution in [0.3, 0.4) is 0 Å². The molecule has 1 aliphatic rings. The summed E-state index contributed by atoms with van der Waals surface area (Å²) < 4.78 is 0. The van der Waals surface area contributed by atoms with Crippen molar-refractivity contribution in [3.05, 3.63) is 48.0 Å². The van der Waals surface area contributed by atoms with Crippen molar-refractivity contribution in [3.8, 4) is 0 Å². The standard InChI is InChI=1S/C14H19NO/c1-3-7-14(16)13-10-15(13)11(2)12-8-5-4-6-9-12/h3-9,11,13-14,16H,10H2,1-2H3/b7-3+/t11-,13?,14-,15?/m1/s1. The van der Waals surface area contributed by atoms with Gasteiger partial charge in [0.1, 0.15) is 0 Å². The third-order valence-electron chi connectivity index (χ3n) is 3.25. The second-order valence-electron chi connectivity index (χ2n) is 4.37. The van der Waals surface area contributed by atoms with Crippen LogP contribution in [0.5, 0.6) is 0 Å². The molecular formula is C14H19NO. The van der Waals surface area contributed by atoms with E-state index >= 15 is 0 Å². The van der Waals surface area contributed by atoms with Crippen molar-refractivity contribution in [3.63, 3.8) is 0 Å². The molecule has 0 radical (unpaired) electrons. The molecule has 1 aromatic carbocycles. The van der Waals surface area contributed by atoms with E-state index in [9.17, 15) is 5.11 Å². The Hall–Kier alpha value is -1.12. The van der Waals surface area contributed by atoms with Crippen molar-refractivity contribution in [1.29, 1.82) is 0 Å². The maximum atomic E-state index is 9.83. The van der Waals surface area contributed by atoms with Gasteiger partial charge in [-0.2, -0.15) is 0 Å². The van der Waals surface area contributed by atoms with Crippen LogP contribution in [-0.4, -0.2) is 28.7 Å². The van der Waals surface area contributed by atoms with Gasteiger partial charge in [-0.15, -0.1) is 0 Å². The largest absolute Gasteiger partial charge is 0.387 e. The summed E-state index contributed by atoms with van der Waals surface area (Å²) in [5.74, 6) is 0. The molecule has 4 atom stereocenters. The van der Waals surface area contributed by atoms with Crippen molar-refractivity contribution in [2.75, 3.05) is 6.54 Å². The third-order valence-corrected chi connectivity index (χ3v) is 3.25. The molecule has 2 nitrogen and oxygen atoms in total. The molecule has 1 N–H and O–H groups in total. The quantitative estimate of drug-likeness (QED) is 0.618. The van der Waals surface area contributed by atoms with Crippen LogP contribution in [-0.2, 0) is 0 Å². The zero-order valence-corrected chi connectivity index (χ0v) is 9.88. The molecule has 1 heterocycles. The molecule has 2 rings (SSSR count). The van der Waals surface area contributed by atoms with Gasteiger partial charge in [0.05, 0.1) is 12.1 Å². The molecular weight excluding hydrogens is 198 g/mol. The lowest BCUT2D eigenvalue weighted by molar-refractivity contribution is 0.192. The molecule has 2 unspecified atom stereocenters. The van der Waals surface area contributed by atoms with E-state index in [1.54, 1.807) is 0 Å². The molecule has 2 heteroatoms. The predicted molar refractivity (Wildman–Crippen MR) is 66.2 cm³/mol. The molecule has 1 saturated heterocycles. The normalized spacial score (nSPS) is 27.9. The number of allylic oxidation sites excluding steroid dienone is 1. The van der Waals surface area contributed by atoms with Gasteiger partial charge in [0.15, 0.2) is 0 Å². The van der Waals surface area contributed by atoms with E-state index in [0.717, 1.165) is 6.54 Å². The fourth-order valence-electron chi connectivity index (χ4n) is 2.17. The van der Waals surface area contributed by atoms with E-state index in [4.69, 9.17) is 0 Å². The number of benzene rings is 1. The summed E-state index contributed by atoms with van der Waals surface area (Å²) in [6, 6.07) is 11.1. The summed E-state index contributed by atoms with van der Waals surface area (Å²) >= 11 is 0. The van der Waals surface area contributed by atoms with Gasteiger partial charge < -0.3 is 5.11 Å². The highest BCUT2D eigenvalue weighted by atomic mass is 16.3. The molecule has 0 aromatic heterocycles. The summed E-state index contributed by atoms with van der Waals surface area (Å²) in [7, 11) is 0. The van der Waals surface area contributed by atoms with E-state index in [2.05, 4.69) is 36.1 Å². The minimum absolute atomic E-state index is 0.298. The van der Waals surface area contributed by atoms with Gasteiger partial charge in [0.25, 0.3) is 0 Å². The Morgan fingerprint density at radius 2 is 2.06 bits per heavy atom. The van der Waals surface area contributed by atoms with Crippen LogP contribution in [0.25, 0.3) is 0 Å². The third kappa shape index (κ3) is 2.34. The average molecular weight is 217 g/mol. The van der Waals surface area contributed by atoms with Gasteiger partial charge in [0, 0.05) is 12.6 Å². The van der Waals surface area contributed by atoms with Gasteiger partial charge in [-0.3, -0.25) is 4.90 Å². The highest BCUT2D eigenvalue weighted by Gasteiger charge is 2.41. The van der Waals surface area contributed by atoms with Crippen molar-refractivity contribution < 1.29 is 5.11 Å². The van der Waals surface area contributed by atoms with Crippen molar-refractivity contribution >= 4 is 0 Å². The van der Waals surface area contributed by atoms with Crippen LogP contribution in [0.4, 0.5) is 0 Å². The first-order valence-electron chi connectivity index (χ1n) is 5.85. The fourth-order valence-corrected chi connectivity index (χ4v) is 2.17. The lowest BCUT2D eigenvalue weighted by Crippen LogP contribution is -2.18. The van der Waals surface area contributed by atoms with Gasteiger partial charge in [-0.1, -0.05) is 42.5 Å². The fraction of sp³-hybridized carbons (Fsp3) is 0.429. The van der Waals surface area contributed by atoms with Gasteiger partial charge in [-0.05, 0) is 19.4 Å². The molecule has 16 heavy (non-hydrogen) atoms. The van der Waals surface area contributed by atoms with Crippen molar-refractivity contribution in [2.24, 2.45) is 0 Å². The molecule has 86 valence electrons. The Kier molecular flexibility index (Phi) is 3.42. The summed E-state index contributed by atoms with van der Waals surface area (Å²) in [4.78, 5) is 2.32. The van der Waals surface area contributed by atoms with Crippen LogP contribution in [0.15, 0.2) is 42.5 Å². The number of hydrogen-bond acceptors (Lipinski definition) is 2. The van der Waals surface area contributed by atoms with Crippen LogP contribution in [0, 0.1) is 0 Å². The van der Waals surface area contributed by atoms with E-state index in [1.807, 2.05) is 25.1 Å². The zero-order valence-electron chi connectivity index (χ0n) is 9.88. The molecule has 0 amide bonds. The molecule has 0 aliphatic carbocycles. The Labute approximate surface area is 97.2 Å². The van der Waals surface area contributed by atoms with Crippen LogP contribution < -0.4 is 0 Å². The summed E-state index contributed by atoms with van der Waals surface area (Å²) in [5.41, 5.74) is 1.32. The maximum absolute atomic E-state index is 9.83. The Balaban J connectivity index is 1.97. The van der Waals surface area contributed by atoms with Gasteiger partial charge in [0.2, 0.25) is 0 Å². The van der Waals surface area contributed by atoms with Crippen LogP contribution in [0.1, 0.15) is 25.5 Å². The van der Waals surface area contributed by atoms with E-state index in [1.165, 1.54) is 5.56 Å². The lowest BCUT2D eigenvalue weighted by atomic mass is 10.1. The van der Waals surface area contributed by atoms with E-state index < -0.39 is 0 Å². The smallest absolute Gasteiger partial charge is 0.0888 e. The van der Waals surface area contributed by atoms with Gasteiger partial charge >= 0.3 is 0 Å². The minimum atomic E-state index is -0.323. The summed E-state index contributed by atoms with van der Waals surface area (Å²) in [5, 5.41) is 9.83. The molecule has 0 spiro atoms. The maximum Gasteiger partial charge on any atom is 0.0888 e. The summed E-state index contributed by atoms with van der Waals surface area (Å²) in [6.45, 7) is 5.12. The number of hydrogen-bond donors (Lipinski definition) is 1. The van der Waals surface area contributed by atoms with E-state index in [-0.39, 0.29) is 6.10 Å². The van der Waals surface area contributed by atoms with Gasteiger partial charge in [-0.25, -0.2) is 0 Å². The first-order chi connectivity index (χ1) is 7.74. The topological polar surface area (TPSA) is 23.2 Å². The number of nitrogens with zero attached hydrogens (tertiary/aromatic N) is 1. The SMILES string of the molecule is C/C=C/[C@@H](O)C1CN1[C@H](C)c1ccccc1. The van der Waals surface area contributed by atoms with E-state index in [0.29, 0.717) is 12.1 Å². The predicted octanol–water partition coefficient (Wildman–Crippen LogP) is 2.37. The molecule has 1 fully saturated rings. The van der Waals surface area contributed by atoms with Crippen molar-refractivity contribution in [1.82, 2.24) is 4.90 Å². The lowest BCUT2D eigenvalue weighted by Gasteiger charge is -2.15. The second kappa shape index (κ2) is 4.81. The highest BCUT2D eigenvalue weighted by Crippen LogP contribution is 2.33. The Morgan fingerprint density at radius 3 is 2.69 bits per heavy atom. The van der Waals surface area contributed by atoms with Crippen LogP contribution >= 0.6 is 0 Å². The van der Waals surface area contributed by atoms with Crippen molar-refractivity contribution in [2.45, 2.75) is 32.0 Å². The zero-order chi connectivity index (χ0) is 11.5. The molecule has 1 aromatic rings. The highest BCUT2D eigenvalue weighted by molar-refractivity contribution is 5.21. The second-order valence-corrected chi connectivity index (χ2v) is 4.37. The first-order valence-corrected chi connectivity index (χ1v) is 5.85. The Morgan fingerprint density at radius 1 is 1.38 bits per heavy atom. The molecule has 0 saturated carbocycles. The minimum Gasteiger partial charge on any atom is -0.387 e. The molecule has 1 aliphatic heterocycles. The first kappa shape index (κ1) is 11.4. The number of rotatable bonds is 4. The number of aliphatic hydroxyl groups excluding tert-OH is 1. The van der Waals surface area contributed by atoms with Crippen LogP contribution in [0.2, 0.25) is 0 Å².